The van der Waals surface area contributed by atoms with E-state index < -0.39 is 29.5 Å². The average Bonchev–Trinajstić information content (AvgIpc) is 3.59. The summed E-state index contributed by atoms with van der Waals surface area (Å²) >= 11 is 1.58. The minimum Gasteiger partial charge on any atom is -0.494 e. The summed E-state index contributed by atoms with van der Waals surface area (Å²) < 4.78 is 5.69. The van der Waals surface area contributed by atoms with E-state index >= 15 is 0 Å². The van der Waals surface area contributed by atoms with Crippen molar-refractivity contribution in [3.63, 3.8) is 0 Å². The number of aromatic nitrogens is 1. The Bertz CT molecular complexity index is 1430. The number of nitrogens with one attached hydrogen (secondary N) is 2. The number of carbonyl (C=O) groups excluding carboxylic acids is 3. The number of aliphatic hydroxyl groups is 1. The van der Waals surface area contributed by atoms with Crippen molar-refractivity contribution in [3.05, 3.63) is 70.9 Å². The van der Waals surface area contributed by atoms with Crippen LogP contribution >= 0.6 is 11.3 Å². The van der Waals surface area contributed by atoms with E-state index in [0.717, 1.165) is 33.7 Å². The second kappa shape index (κ2) is 14.8. The van der Waals surface area contributed by atoms with Gasteiger partial charge in [0.05, 0.1) is 35.2 Å². The van der Waals surface area contributed by atoms with E-state index in [9.17, 15) is 19.5 Å². The monoisotopic (exact) mass is 621 g/mol. The van der Waals surface area contributed by atoms with Crippen LogP contribution in [0.4, 0.5) is 0 Å². The fourth-order valence-corrected chi connectivity index (χ4v) is 6.01. The molecule has 0 bridgehead atoms. The van der Waals surface area contributed by atoms with Gasteiger partial charge in [-0.2, -0.15) is 0 Å². The maximum absolute atomic E-state index is 13.9. The van der Waals surface area contributed by atoms with E-state index in [0.29, 0.717) is 18.9 Å². The molecular weight excluding hydrogens is 578 g/mol. The Kier molecular flexibility index (Phi) is 11.1. The Morgan fingerprint density at radius 1 is 1.16 bits per heavy atom. The molecule has 5 N–H and O–H groups in total. The van der Waals surface area contributed by atoms with Crippen LogP contribution in [0.2, 0.25) is 0 Å². The normalized spacial score (nSPS) is 17.3. The second-order valence-corrected chi connectivity index (χ2v) is 13.1. The molecule has 0 saturated carbocycles. The third kappa shape index (κ3) is 8.64. The van der Waals surface area contributed by atoms with Gasteiger partial charge >= 0.3 is 0 Å². The van der Waals surface area contributed by atoms with Crippen molar-refractivity contribution in [2.75, 3.05) is 19.7 Å². The minimum absolute atomic E-state index is 0.0183. The molecule has 10 nitrogen and oxygen atoms in total. The SMILES string of the molecule is Cc1ncsc1-c1ccc(CNC(=O)[C@@H]2C[C@@H](O)CN2C(=O)[C@@H](NC(=O)Cc2cccc(OCCCN)c2)C(C)(C)C)cc1. The fourth-order valence-electron chi connectivity index (χ4n) is 5.20. The van der Waals surface area contributed by atoms with E-state index in [1.807, 2.05) is 75.7 Å². The maximum atomic E-state index is 13.9. The van der Waals surface area contributed by atoms with Gasteiger partial charge in [-0.1, -0.05) is 57.2 Å². The van der Waals surface area contributed by atoms with Crippen molar-refractivity contribution in [2.24, 2.45) is 11.1 Å². The lowest BCUT2D eigenvalue weighted by atomic mass is 9.85. The number of aliphatic hydroxyl groups excluding tert-OH is 1. The Labute approximate surface area is 263 Å². The van der Waals surface area contributed by atoms with Crippen molar-refractivity contribution < 1.29 is 24.2 Å². The topological polar surface area (TPSA) is 147 Å². The van der Waals surface area contributed by atoms with Gasteiger partial charge in [-0.25, -0.2) is 4.98 Å². The first-order valence-electron chi connectivity index (χ1n) is 14.9. The molecule has 0 unspecified atom stereocenters. The van der Waals surface area contributed by atoms with Crippen LogP contribution in [0.1, 0.15) is 50.4 Å². The number of likely N-dealkylation sites (tertiary alicyclic amines) is 1. The van der Waals surface area contributed by atoms with Crippen LogP contribution in [-0.4, -0.2) is 70.6 Å². The first-order chi connectivity index (χ1) is 21.0. The predicted molar refractivity (Wildman–Crippen MR) is 171 cm³/mol. The number of aryl methyl sites for hydroxylation is 1. The molecule has 2 heterocycles. The largest absolute Gasteiger partial charge is 0.494 e. The highest BCUT2D eigenvalue weighted by molar-refractivity contribution is 7.13. The van der Waals surface area contributed by atoms with Gasteiger partial charge in [0.15, 0.2) is 0 Å². The Morgan fingerprint density at radius 2 is 1.91 bits per heavy atom. The van der Waals surface area contributed by atoms with E-state index in [1.165, 1.54) is 4.90 Å². The van der Waals surface area contributed by atoms with Gasteiger partial charge in [0.1, 0.15) is 17.8 Å². The van der Waals surface area contributed by atoms with Crippen LogP contribution in [-0.2, 0) is 27.3 Å². The molecule has 1 fully saturated rings. The number of carbonyl (C=O) groups is 3. The molecule has 2 aromatic carbocycles. The molecule has 3 aromatic rings. The summed E-state index contributed by atoms with van der Waals surface area (Å²) in [5.74, 6) is -0.415. The molecule has 11 heteroatoms. The van der Waals surface area contributed by atoms with E-state index in [-0.39, 0.29) is 37.7 Å². The van der Waals surface area contributed by atoms with Crippen molar-refractivity contribution in [3.8, 4) is 16.2 Å². The number of β-amino-alcohol motifs (C(OH)–C–C–N with tert-alkyl or cyclic N) is 1. The molecule has 3 atom stereocenters. The number of rotatable bonds is 12. The van der Waals surface area contributed by atoms with Crippen molar-refractivity contribution in [1.82, 2.24) is 20.5 Å². The molecule has 44 heavy (non-hydrogen) atoms. The highest BCUT2D eigenvalue weighted by Crippen LogP contribution is 2.28. The van der Waals surface area contributed by atoms with Crippen LogP contribution in [0, 0.1) is 12.3 Å². The molecule has 0 radical (unpaired) electrons. The number of hydrogen-bond donors (Lipinski definition) is 4. The van der Waals surface area contributed by atoms with Crippen molar-refractivity contribution >= 4 is 29.1 Å². The van der Waals surface area contributed by atoms with Crippen LogP contribution < -0.4 is 21.1 Å². The summed E-state index contributed by atoms with van der Waals surface area (Å²) in [5.41, 5.74) is 10.4. The Hall–Kier alpha value is -3.80. The Balaban J connectivity index is 1.39. The van der Waals surface area contributed by atoms with E-state index in [2.05, 4.69) is 15.6 Å². The highest BCUT2D eigenvalue weighted by atomic mass is 32.1. The smallest absolute Gasteiger partial charge is 0.246 e. The fraction of sp³-hybridized carbons (Fsp3) is 0.455. The molecular formula is C33H43N5O5S. The third-order valence-corrected chi connectivity index (χ3v) is 8.57. The maximum Gasteiger partial charge on any atom is 0.246 e. The lowest BCUT2D eigenvalue weighted by Gasteiger charge is -2.35. The molecule has 0 spiro atoms. The summed E-state index contributed by atoms with van der Waals surface area (Å²) in [7, 11) is 0. The molecule has 1 aliphatic rings. The lowest BCUT2D eigenvalue weighted by molar-refractivity contribution is -0.144. The number of benzene rings is 2. The van der Waals surface area contributed by atoms with E-state index in [1.54, 1.807) is 17.4 Å². The number of thiazole rings is 1. The number of nitrogens with two attached hydrogens (primary N) is 1. The zero-order valence-corrected chi connectivity index (χ0v) is 26.7. The van der Waals surface area contributed by atoms with Crippen LogP contribution in [0.3, 0.4) is 0 Å². The molecule has 0 aliphatic carbocycles. The molecule has 3 amide bonds. The molecule has 1 aliphatic heterocycles. The predicted octanol–water partition coefficient (Wildman–Crippen LogP) is 3.20. The zero-order chi connectivity index (χ0) is 31.9. The molecule has 1 saturated heterocycles. The van der Waals surface area contributed by atoms with Gasteiger partial charge in [0.25, 0.3) is 0 Å². The van der Waals surface area contributed by atoms with Gasteiger partial charge in [-0.3, -0.25) is 14.4 Å². The van der Waals surface area contributed by atoms with E-state index in [4.69, 9.17) is 10.5 Å². The quantitative estimate of drug-likeness (QED) is 0.227. The third-order valence-electron chi connectivity index (χ3n) is 7.59. The van der Waals surface area contributed by atoms with Gasteiger partial charge < -0.3 is 31.1 Å². The second-order valence-electron chi connectivity index (χ2n) is 12.3. The zero-order valence-electron chi connectivity index (χ0n) is 25.8. The van der Waals surface area contributed by atoms with Crippen molar-refractivity contribution in [2.45, 2.75) is 71.7 Å². The van der Waals surface area contributed by atoms with Gasteiger partial charge in [0.2, 0.25) is 17.7 Å². The number of hydrogen-bond acceptors (Lipinski definition) is 8. The van der Waals surface area contributed by atoms with Gasteiger partial charge in [-0.15, -0.1) is 11.3 Å². The molecule has 236 valence electrons. The highest BCUT2D eigenvalue weighted by Gasteiger charge is 2.44. The molecule has 4 rings (SSSR count). The van der Waals surface area contributed by atoms with Crippen molar-refractivity contribution in [1.29, 1.82) is 0 Å². The summed E-state index contributed by atoms with van der Waals surface area (Å²) in [6.07, 6.45) is 0.0747. The number of nitrogens with zero attached hydrogens (tertiary/aromatic N) is 2. The Morgan fingerprint density at radius 3 is 2.57 bits per heavy atom. The van der Waals surface area contributed by atoms with Crippen LogP contribution in [0.15, 0.2) is 54.0 Å². The summed E-state index contributed by atoms with van der Waals surface area (Å²) in [6.45, 7) is 8.88. The molecule has 1 aromatic heterocycles. The summed E-state index contributed by atoms with van der Waals surface area (Å²) in [4.78, 5) is 47.1. The first kappa shape index (κ1) is 33.1. The summed E-state index contributed by atoms with van der Waals surface area (Å²) in [6, 6.07) is 13.4. The standard InChI is InChI=1S/C33H43N5O5S/c1-21-29(44-20-36-21)24-11-9-22(10-12-24)18-35-31(41)27-17-25(39)19-38(27)32(42)30(33(2,3)4)37-28(40)16-23-7-5-8-26(15-23)43-14-6-13-34/h5,7-12,15,20,25,27,30,39H,6,13-14,16-19,34H2,1-4H3,(H,35,41)(H,37,40)/t25-,27+,30-/m1/s1. The lowest BCUT2D eigenvalue weighted by Crippen LogP contribution is -2.58. The first-order valence-corrected chi connectivity index (χ1v) is 15.8. The number of amides is 3. The van der Waals surface area contributed by atoms with Gasteiger partial charge in [-0.05, 0) is 54.1 Å². The van der Waals surface area contributed by atoms with Crippen LogP contribution in [0.5, 0.6) is 5.75 Å². The average molecular weight is 622 g/mol. The number of ether oxygens (including phenoxy) is 1. The minimum atomic E-state index is -0.901. The summed E-state index contributed by atoms with van der Waals surface area (Å²) in [5, 5.41) is 16.3. The van der Waals surface area contributed by atoms with Crippen LogP contribution in [0.25, 0.3) is 10.4 Å². The van der Waals surface area contributed by atoms with Gasteiger partial charge in [0, 0.05) is 19.5 Å².